The summed E-state index contributed by atoms with van der Waals surface area (Å²) in [6, 6.07) is 0. The maximum Gasteiger partial charge on any atom is 0.350 e. The van der Waals surface area contributed by atoms with Crippen LogP contribution >= 0.6 is 8.46 Å². The van der Waals surface area contributed by atoms with Gasteiger partial charge in [-0.2, -0.15) is 0 Å². The molecule has 0 amide bonds. The van der Waals surface area contributed by atoms with Crippen molar-refractivity contribution in [2.24, 2.45) is 0 Å². The van der Waals surface area contributed by atoms with Crippen LogP contribution in [0.2, 0.25) is 0 Å². The second kappa shape index (κ2) is 23.1. The van der Waals surface area contributed by atoms with E-state index in [4.69, 9.17) is 14.6 Å². The first-order chi connectivity index (χ1) is 18.1. The van der Waals surface area contributed by atoms with Crippen LogP contribution in [0.4, 0.5) is 0 Å². The molecule has 3 atom stereocenters. The van der Waals surface area contributed by atoms with Crippen LogP contribution in [0.1, 0.15) is 130 Å². The van der Waals surface area contributed by atoms with Gasteiger partial charge in [-0.25, -0.2) is 13.2 Å². The van der Waals surface area contributed by atoms with E-state index in [-0.39, 0.29) is 19.0 Å². The third kappa shape index (κ3) is 17.9. The summed E-state index contributed by atoms with van der Waals surface area (Å²) >= 11 is 0. The van der Waals surface area contributed by atoms with Crippen molar-refractivity contribution in [1.82, 2.24) is 0 Å². The molecule has 3 unspecified atom stereocenters. The maximum absolute atomic E-state index is 13.3. The van der Waals surface area contributed by atoms with Gasteiger partial charge in [-0.15, -0.1) is 0 Å². The molecule has 0 saturated carbocycles. The standard InChI is InChI=1S/C28H55O8PS/c1-4-6-8-10-12-13-14-16-18-23-38(33,34)26(20-17-15-11-9-7-5-2)25(3)36-22-19-21-35-24-28(31,37-32)27(29)30/h25-26,31H,4-24H2,1-3H3,(H,29,30). The van der Waals surface area contributed by atoms with Crippen LogP contribution in [0.15, 0.2) is 0 Å². The van der Waals surface area contributed by atoms with Crippen LogP contribution in [0.25, 0.3) is 0 Å². The van der Waals surface area contributed by atoms with Crippen molar-refractivity contribution in [2.45, 2.75) is 147 Å². The topological polar surface area (TPSA) is 127 Å². The van der Waals surface area contributed by atoms with Gasteiger partial charge in [0.15, 0.2) is 9.84 Å². The predicted octanol–water partition coefficient (Wildman–Crippen LogP) is 6.93. The van der Waals surface area contributed by atoms with E-state index >= 15 is 0 Å². The SMILES string of the molecule is CCCCCCCCCCCS(=O)(=O)C(CCCCCCCC)C(C)OCCCOCC(O)(P=O)C(=O)O. The molecule has 8 nitrogen and oxygen atoms in total. The van der Waals surface area contributed by atoms with Gasteiger partial charge < -0.3 is 19.7 Å². The molecule has 0 aliphatic heterocycles. The summed E-state index contributed by atoms with van der Waals surface area (Å²) in [4.78, 5) is 10.9. The van der Waals surface area contributed by atoms with Crippen LogP contribution in [-0.2, 0) is 28.7 Å². The smallest absolute Gasteiger partial charge is 0.350 e. The number of carbonyl (C=O) groups is 1. The van der Waals surface area contributed by atoms with Crippen LogP contribution in [0, 0.1) is 0 Å². The molecule has 0 spiro atoms. The van der Waals surface area contributed by atoms with Crippen molar-refractivity contribution in [3.8, 4) is 0 Å². The molecule has 0 radical (unpaired) electrons. The van der Waals surface area contributed by atoms with Gasteiger partial charge >= 0.3 is 5.97 Å². The summed E-state index contributed by atoms with van der Waals surface area (Å²) in [5.74, 6) is -1.42. The van der Waals surface area contributed by atoms with E-state index in [1.165, 1.54) is 57.8 Å². The van der Waals surface area contributed by atoms with E-state index < -0.39 is 47.6 Å². The lowest BCUT2D eigenvalue weighted by Gasteiger charge is -2.25. The normalized spacial score (nSPS) is 15.4. The summed E-state index contributed by atoms with van der Waals surface area (Å²) in [5, 5.41) is 15.6. The highest BCUT2D eigenvalue weighted by Gasteiger charge is 2.37. The highest BCUT2D eigenvalue weighted by atomic mass is 32.2. The molecule has 0 aromatic carbocycles. The molecular weight excluding hydrogens is 527 g/mol. The Hall–Kier alpha value is -0.600. The lowest BCUT2D eigenvalue weighted by atomic mass is 10.1. The fourth-order valence-corrected chi connectivity index (χ4v) is 6.80. The molecule has 0 heterocycles. The molecule has 0 fully saturated rings. The zero-order chi connectivity index (χ0) is 28.7. The summed E-state index contributed by atoms with van der Waals surface area (Å²) in [6.07, 6.45) is 17.3. The molecule has 0 aromatic rings. The Balaban J connectivity index is 4.61. The van der Waals surface area contributed by atoms with Gasteiger partial charge in [0.25, 0.3) is 5.34 Å². The Labute approximate surface area is 233 Å². The second-order valence-corrected chi connectivity index (χ2v) is 13.7. The highest BCUT2D eigenvalue weighted by Crippen LogP contribution is 2.22. The summed E-state index contributed by atoms with van der Waals surface area (Å²) < 4.78 is 48.5. The minimum Gasteiger partial charge on any atom is -0.478 e. The predicted molar refractivity (Wildman–Crippen MR) is 154 cm³/mol. The van der Waals surface area contributed by atoms with Gasteiger partial charge in [0.05, 0.1) is 23.7 Å². The van der Waals surface area contributed by atoms with Gasteiger partial charge in [0, 0.05) is 13.2 Å². The fourth-order valence-electron chi connectivity index (χ4n) is 4.48. The lowest BCUT2D eigenvalue weighted by Crippen LogP contribution is -2.37. The number of unbranched alkanes of at least 4 members (excludes halogenated alkanes) is 13. The average Bonchev–Trinajstić information content (AvgIpc) is 2.88. The molecule has 0 saturated heterocycles. The zero-order valence-corrected chi connectivity index (χ0v) is 25.9. The van der Waals surface area contributed by atoms with Gasteiger partial charge in [0.2, 0.25) is 8.46 Å². The molecule has 2 N–H and O–H groups in total. The molecule has 10 heteroatoms. The summed E-state index contributed by atoms with van der Waals surface area (Å²) in [5.41, 5.74) is 0. The Morgan fingerprint density at radius 1 is 0.816 bits per heavy atom. The number of hydrogen-bond donors (Lipinski definition) is 2. The van der Waals surface area contributed by atoms with Crippen molar-refractivity contribution < 1.29 is 37.5 Å². The molecule has 0 rings (SSSR count). The number of hydrogen-bond acceptors (Lipinski definition) is 7. The Morgan fingerprint density at radius 3 is 1.82 bits per heavy atom. The third-order valence-corrected chi connectivity index (χ3v) is 9.99. The van der Waals surface area contributed by atoms with Crippen LogP contribution in [0.5, 0.6) is 0 Å². The van der Waals surface area contributed by atoms with E-state index in [2.05, 4.69) is 13.8 Å². The number of aliphatic hydroxyl groups is 1. The van der Waals surface area contributed by atoms with Gasteiger partial charge in [-0.3, -0.25) is 4.57 Å². The molecule has 0 aromatic heterocycles. The molecule has 38 heavy (non-hydrogen) atoms. The average molecular weight is 583 g/mol. The van der Waals surface area contributed by atoms with E-state index in [0.717, 1.165) is 32.1 Å². The Bertz CT molecular complexity index is 703. The van der Waals surface area contributed by atoms with Crippen molar-refractivity contribution >= 4 is 24.3 Å². The van der Waals surface area contributed by atoms with Crippen LogP contribution in [0.3, 0.4) is 0 Å². The van der Waals surface area contributed by atoms with Crippen molar-refractivity contribution in [2.75, 3.05) is 25.6 Å². The largest absolute Gasteiger partial charge is 0.478 e. The monoisotopic (exact) mass is 582 g/mol. The van der Waals surface area contributed by atoms with E-state index in [0.29, 0.717) is 19.3 Å². The van der Waals surface area contributed by atoms with Crippen molar-refractivity contribution in [3.05, 3.63) is 0 Å². The second-order valence-electron chi connectivity index (χ2n) is 10.5. The van der Waals surface area contributed by atoms with Gasteiger partial charge in [-0.05, 0) is 26.2 Å². The number of aliphatic carboxylic acids is 1. The van der Waals surface area contributed by atoms with Gasteiger partial charge in [0.1, 0.15) is 0 Å². The first kappa shape index (κ1) is 37.4. The van der Waals surface area contributed by atoms with Crippen molar-refractivity contribution in [1.29, 1.82) is 0 Å². The van der Waals surface area contributed by atoms with E-state index in [1.54, 1.807) is 0 Å². The van der Waals surface area contributed by atoms with Crippen LogP contribution in [-0.4, -0.2) is 66.9 Å². The Morgan fingerprint density at radius 2 is 1.32 bits per heavy atom. The van der Waals surface area contributed by atoms with Crippen molar-refractivity contribution in [3.63, 3.8) is 0 Å². The quantitative estimate of drug-likeness (QED) is 0.0751. The number of carboxylic acids is 1. The summed E-state index contributed by atoms with van der Waals surface area (Å²) in [7, 11) is -4.23. The maximum atomic E-state index is 13.3. The minimum absolute atomic E-state index is 0.102. The molecule has 226 valence electrons. The molecular formula is C28H55O8PS. The first-order valence-corrected chi connectivity index (χ1v) is 17.4. The molecule has 0 bridgehead atoms. The molecule has 0 aliphatic carbocycles. The number of carboxylic acid groups (broad SMARTS) is 1. The number of sulfone groups is 1. The minimum atomic E-state index is -3.29. The third-order valence-electron chi connectivity index (χ3n) is 6.97. The fraction of sp³-hybridized carbons (Fsp3) is 0.964. The lowest BCUT2D eigenvalue weighted by molar-refractivity contribution is -0.154. The van der Waals surface area contributed by atoms with Crippen LogP contribution < -0.4 is 0 Å². The Kier molecular flexibility index (Phi) is 22.8. The molecule has 0 aliphatic rings. The number of rotatable bonds is 28. The zero-order valence-electron chi connectivity index (χ0n) is 24.2. The summed E-state index contributed by atoms with van der Waals surface area (Å²) in [6.45, 7) is 5.96. The number of ether oxygens (including phenoxy) is 2. The first-order valence-electron chi connectivity index (χ1n) is 14.9. The highest BCUT2D eigenvalue weighted by molar-refractivity contribution is 7.92. The van der Waals surface area contributed by atoms with E-state index in [9.17, 15) is 22.9 Å². The van der Waals surface area contributed by atoms with E-state index in [1.807, 2.05) is 6.92 Å². The van der Waals surface area contributed by atoms with Gasteiger partial charge in [-0.1, -0.05) is 104 Å².